The van der Waals surface area contributed by atoms with Gasteiger partial charge in [0, 0.05) is 11.5 Å². The molecule has 7 heteroatoms. The Bertz CT molecular complexity index is 517. The summed E-state index contributed by atoms with van der Waals surface area (Å²) < 4.78 is 5.20. The van der Waals surface area contributed by atoms with Crippen molar-refractivity contribution in [2.45, 2.75) is 18.6 Å². The molecule has 7 nitrogen and oxygen atoms in total. The lowest BCUT2D eigenvalue weighted by molar-refractivity contribution is -0.142. The quantitative estimate of drug-likeness (QED) is 0.733. The van der Waals surface area contributed by atoms with Crippen molar-refractivity contribution < 1.29 is 29.4 Å². The number of hydrogen-bond donors (Lipinski definition) is 3. The van der Waals surface area contributed by atoms with Crippen LogP contribution in [0.1, 0.15) is 18.1 Å². The summed E-state index contributed by atoms with van der Waals surface area (Å²) in [5.41, 5.74) is 3.02. The molecule has 0 spiro atoms. The van der Waals surface area contributed by atoms with Crippen LogP contribution in [0, 0.1) is 5.92 Å². The number of rotatable bonds is 5. The maximum atomic E-state index is 11.2. The second-order valence-corrected chi connectivity index (χ2v) is 4.48. The molecule has 2 rings (SSSR count). The first-order valence-electron chi connectivity index (χ1n) is 6.03. The van der Waals surface area contributed by atoms with Crippen LogP contribution in [0.3, 0.4) is 0 Å². The molecule has 1 aromatic rings. The van der Waals surface area contributed by atoms with Crippen LogP contribution in [0.2, 0.25) is 0 Å². The van der Waals surface area contributed by atoms with Crippen LogP contribution in [0.4, 0.5) is 0 Å². The topological polar surface area (TPSA) is 105 Å². The fraction of sp³-hybridized carbons (Fsp3) is 0.385. The minimum atomic E-state index is -1.14. The molecule has 3 N–H and O–H groups in total. The number of nitrogens with one attached hydrogen (secondary N) is 1. The fourth-order valence-electron chi connectivity index (χ4n) is 2.35. The Morgan fingerprint density at radius 2 is 2.05 bits per heavy atom. The number of carboxylic acids is 2. The average Bonchev–Trinajstić information content (AvgIpc) is 2.81. The minimum Gasteiger partial charge on any atom is -0.496 e. The van der Waals surface area contributed by atoms with Gasteiger partial charge in [-0.15, -0.1) is 0 Å². The smallest absolute Gasteiger partial charge is 0.323 e. The zero-order chi connectivity index (χ0) is 14.7. The van der Waals surface area contributed by atoms with Crippen LogP contribution in [0.15, 0.2) is 24.3 Å². The summed E-state index contributed by atoms with van der Waals surface area (Å²) in [6.07, 6.45) is -1.00. The molecule has 0 unspecified atom stereocenters. The molecule has 3 atom stereocenters. The van der Waals surface area contributed by atoms with Gasteiger partial charge in [0.05, 0.1) is 13.5 Å². The van der Waals surface area contributed by atoms with E-state index in [4.69, 9.17) is 19.8 Å². The number of carbonyl (C=O) groups is 2. The van der Waals surface area contributed by atoms with Gasteiger partial charge in [-0.05, 0) is 6.07 Å². The van der Waals surface area contributed by atoms with Crippen molar-refractivity contribution in [3.63, 3.8) is 0 Å². The molecule has 0 amide bonds. The van der Waals surface area contributed by atoms with Gasteiger partial charge in [-0.3, -0.25) is 14.4 Å². The van der Waals surface area contributed by atoms with Crippen LogP contribution in [-0.4, -0.2) is 35.3 Å². The number of hydroxylamine groups is 1. The minimum absolute atomic E-state index is 0.313. The van der Waals surface area contributed by atoms with E-state index in [9.17, 15) is 9.59 Å². The normalized spacial score (nSPS) is 25.4. The maximum absolute atomic E-state index is 11.2. The number of para-hydroxylation sites is 1. The summed E-state index contributed by atoms with van der Waals surface area (Å²) >= 11 is 0. The summed E-state index contributed by atoms with van der Waals surface area (Å²) in [6.45, 7) is 0. The van der Waals surface area contributed by atoms with Crippen LogP contribution in [0.25, 0.3) is 0 Å². The molecule has 1 saturated heterocycles. The Morgan fingerprint density at radius 1 is 1.35 bits per heavy atom. The number of aliphatic carboxylic acids is 2. The van der Waals surface area contributed by atoms with Crippen molar-refractivity contribution in [3.05, 3.63) is 29.8 Å². The molecule has 1 fully saturated rings. The Hall–Kier alpha value is -2.12. The number of carboxylic acid groups (broad SMARTS) is 2. The molecule has 0 saturated carbocycles. The van der Waals surface area contributed by atoms with E-state index in [-0.39, 0.29) is 6.42 Å². The van der Waals surface area contributed by atoms with Crippen LogP contribution in [0.5, 0.6) is 5.75 Å². The van der Waals surface area contributed by atoms with Crippen molar-refractivity contribution in [3.8, 4) is 5.75 Å². The monoisotopic (exact) mass is 281 g/mol. The SMILES string of the molecule is COc1ccccc1[C@H]1ON[C@H](C(=O)O)[C@H]1CC(=O)O. The highest BCUT2D eigenvalue weighted by Gasteiger charge is 2.44. The van der Waals surface area contributed by atoms with Gasteiger partial charge in [0.15, 0.2) is 0 Å². The van der Waals surface area contributed by atoms with Crippen LogP contribution < -0.4 is 10.2 Å². The molecular weight excluding hydrogens is 266 g/mol. The van der Waals surface area contributed by atoms with E-state index in [1.807, 2.05) is 0 Å². The lowest BCUT2D eigenvalue weighted by Gasteiger charge is -2.19. The summed E-state index contributed by atoms with van der Waals surface area (Å²) in [6, 6.07) is 5.90. The van der Waals surface area contributed by atoms with Crippen molar-refractivity contribution in [2.24, 2.45) is 5.92 Å². The van der Waals surface area contributed by atoms with Gasteiger partial charge in [0.25, 0.3) is 0 Å². The zero-order valence-corrected chi connectivity index (χ0v) is 10.8. The molecule has 0 radical (unpaired) electrons. The Labute approximate surface area is 115 Å². The standard InChI is InChI=1S/C13H15NO6/c1-19-9-5-3-2-4-7(9)12-8(6-10(15)16)11(13(17)18)14-20-12/h2-5,8,11-12,14H,6H2,1H3,(H,15,16)(H,17,18)/t8-,11+,12-/m1/s1. The lowest BCUT2D eigenvalue weighted by Crippen LogP contribution is -2.36. The van der Waals surface area contributed by atoms with E-state index in [0.29, 0.717) is 11.3 Å². The zero-order valence-electron chi connectivity index (χ0n) is 10.8. The Kier molecular flexibility index (Phi) is 4.21. The third-order valence-corrected chi connectivity index (χ3v) is 3.26. The van der Waals surface area contributed by atoms with Gasteiger partial charge < -0.3 is 14.9 Å². The van der Waals surface area contributed by atoms with Crippen LogP contribution >= 0.6 is 0 Å². The number of methoxy groups -OCH3 is 1. The Balaban J connectivity index is 2.34. The van der Waals surface area contributed by atoms with E-state index < -0.39 is 30.0 Å². The first kappa shape index (κ1) is 14.3. The molecule has 108 valence electrons. The van der Waals surface area contributed by atoms with Crippen molar-refractivity contribution in [1.29, 1.82) is 0 Å². The summed E-state index contributed by atoms with van der Waals surface area (Å²) in [5.74, 6) is -2.41. The van der Waals surface area contributed by atoms with E-state index >= 15 is 0 Å². The summed E-state index contributed by atoms with van der Waals surface area (Å²) in [5, 5.41) is 18.1. The summed E-state index contributed by atoms with van der Waals surface area (Å²) in [7, 11) is 1.49. The van der Waals surface area contributed by atoms with Crippen molar-refractivity contribution in [2.75, 3.05) is 7.11 Å². The maximum Gasteiger partial charge on any atom is 0.323 e. The highest BCUT2D eigenvalue weighted by Crippen LogP contribution is 2.39. The molecular formula is C13H15NO6. The lowest BCUT2D eigenvalue weighted by atomic mass is 9.87. The number of hydrogen-bond acceptors (Lipinski definition) is 5. The highest BCUT2D eigenvalue weighted by atomic mass is 16.7. The molecule has 0 aliphatic carbocycles. The second kappa shape index (κ2) is 5.89. The predicted molar refractivity (Wildman–Crippen MR) is 67.1 cm³/mol. The molecule has 1 aliphatic rings. The molecule has 1 heterocycles. The van der Waals surface area contributed by atoms with E-state index in [0.717, 1.165) is 0 Å². The molecule has 20 heavy (non-hydrogen) atoms. The first-order valence-corrected chi connectivity index (χ1v) is 6.03. The third kappa shape index (κ3) is 2.73. The van der Waals surface area contributed by atoms with Gasteiger partial charge in [-0.2, -0.15) is 5.48 Å². The highest BCUT2D eigenvalue weighted by molar-refractivity contribution is 5.76. The largest absolute Gasteiger partial charge is 0.496 e. The summed E-state index contributed by atoms with van der Waals surface area (Å²) in [4.78, 5) is 27.4. The molecule has 0 aromatic heterocycles. The van der Waals surface area contributed by atoms with Gasteiger partial charge >= 0.3 is 11.9 Å². The number of benzene rings is 1. The van der Waals surface area contributed by atoms with Gasteiger partial charge in [0.2, 0.25) is 0 Å². The van der Waals surface area contributed by atoms with Gasteiger partial charge in [-0.1, -0.05) is 18.2 Å². The van der Waals surface area contributed by atoms with E-state index in [1.165, 1.54) is 7.11 Å². The molecule has 0 bridgehead atoms. The van der Waals surface area contributed by atoms with E-state index in [2.05, 4.69) is 5.48 Å². The fourth-order valence-corrected chi connectivity index (χ4v) is 2.35. The van der Waals surface area contributed by atoms with Crippen molar-refractivity contribution in [1.82, 2.24) is 5.48 Å². The van der Waals surface area contributed by atoms with E-state index in [1.54, 1.807) is 24.3 Å². The van der Waals surface area contributed by atoms with Crippen molar-refractivity contribution >= 4 is 11.9 Å². The van der Waals surface area contributed by atoms with Crippen LogP contribution in [-0.2, 0) is 14.4 Å². The number of ether oxygens (including phenoxy) is 1. The third-order valence-electron chi connectivity index (χ3n) is 3.26. The first-order chi connectivity index (χ1) is 9.54. The molecule has 1 aliphatic heterocycles. The molecule has 1 aromatic carbocycles. The van der Waals surface area contributed by atoms with Gasteiger partial charge in [-0.25, -0.2) is 0 Å². The predicted octanol–water partition coefficient (Wildman–Crippen LogP) is 0.815. The Morgan fingerprint density at radius 3 is 2.65 bits per heavy atom. The average molecular weight is 281 g/mol. The second-order valence-electron chi connectivity index (χ2n) is 4.48. The van der Waals surface area contributed by atoms with Gasteiger partial charge in [0.1, 0.15) is 17.9 Å².